The van der Waals surface area contributed by atoms with Gasteiger partial charge in [-0.1, -0.05) is 42.5 Å². The third-order valence-corrected chi connectivity index (χ3v) is 3.41. The van der Waals surface area contributed by atoms with E-state index in [0.29, 0.717) is 6.61 Å². The Morgan fingerprint density at radius 3 is 2.25 bits per heavy atom. The maximum absolute atomic E-state index is 6.34. The fraction of sp³-hybridized carbons (Fsp3) is 0.294. The molecule has 106 valence electrons. The molecule has 1 unspecified atom stereocenters. The van der Waals surface area contributed by atoms with Crippen LogP contribution in [0.25, 0.3) is 0 Å². The predicted molar refractivity (Wildman–Crippen MR) is 84.4 cm³/mol. The van der Waals surface area contributed by atoms with Gasteiger partial charge in [-0.15, -0.1) is 11.6 Å². The van der Waals surface area contributed by atoms with Crippen LogP contribution in [0.15, 0.2) is 54.6 Å². The van der Waals surface area contributed by atoms with Crippen LogP contribution in [-0.2, 0) is 6.61 Å². The SMILES string of the molecule is CN(C)CC(Cl)c1ccc(OCc2ccccc2)cc1. The minimum Gasteiger partial charge on any atom is -0.489 e. The number of rotatable bonds is 6. The first-order chi connectivity index (χ1) is 9.65. The van der Waals surface area contributed by atoms with Crippen LogP contribution in [0.2, 0.25) is 0 Å². The highest BCUT2D eigenvalue weighted by Gasteiger charge is 2.08. The molecule has 0 bridgehead atoms. The van der Waals surface area contributed by atoms with E-state index in [4.69, 9.17) is 16.3 Å². The molecule has 0 amide bonds. The van der Waals surface area contributed by atoms with Crippen molar-refractivity contribution in [2.45, 2.75) is 12.0 Å². The van der Waals surface area contributed by atoms with E-state index in [9.17, 15) is 0 Å². The lowest BCUT2D eigenvalue weighted by molar-refractivity contribution is 0.306. The Labute approximate surface area is 125 Å². The lowest BCUT2D eigenvalue weighted by Crippen LogP contribution is -2.17. The standard InChI is InChI=1S/C17H20ClNO/c1-19(2)12-17(18)15-8-10-16(11-9-15)20-13-14-6-4-3-5-7-14/h3-11,17H,12-13H2,1-2H3. The second kappa shape index (κ2) is 7.32. The Hall–Kier alpha value is -1.51. The van der Waals surface area contributed by atoms with E-state index in [-0.39, 0.29) is 5.38 Å². The highest BCUT2D eigenvalue weighted by atomic mass is 35.5. The monoisotopic (exact) mass is 289 g/mol. The molecule has 0 aliphatic rings. The molecule has 0 aliphatic carbocycles. The van der Waals surface area contributed by atoms with Crippen LogP contribution in [0.4, 0.5) is 0 Å². The maximum atomic E-state index is 6.34. The summed E-state index contributed by atoms with van der Waals surface area (Å²) < 4.78 is 5.75. The zero-order chi connectivity index (χ0) is 14.4. The van der Waals surface area contributed by atoms with Gasteiger partial charge < -0.3 is 9.64 Å². The van der Waals surface area contributed by atoms with Crippen molar-refractivity contribution in [2.75, 3.05) is 20.6 Å². The molecule has 0 N–H and O–H groups in total. The van der Waals surface area contributed by atoms with Gasteiger partial charge in [0.2, 0.25) is 0 Å². The van der Waals surface area contributed by atoms with Gasteiger partial charge in [0.05, 0.1) is 5.38 Å². The summed E-state index contributed by atoms with van der Waals surface area (Å²) in [7, 11) is 4.04. The quantitative estimate of drug-likeness (QED) is 0.742. The summed E-state index contributed by atoms with van der Waals surface area (Å²) in [4.78, 5) is 2.08. The fourth-order valence-electron chi connectivity index (χ4n) is 1.94. The lowest BCUT2D eigenvalue weighted by Gasteiger charge is -2.15. The first-order valence-electron chi connectivity index (χ1n) is 6.70. The summed E-state index contributed by atoms with van der Waals surface area (Å²) in [5.41, 5.74) is 2.28. The molecule has 0 aliphatic heterocycles. The van der Waals surface area contributed by atoms with Gasteiger partial charge in [0, 0.05) is 6.54 Å². The maximum Gasteiger partial charge on any atom is 0.119 e. The van der Waals surface area contributed by atoms with Crippen molar-refractivity contribution in [3.8, 4) is 5.75 Å². The van der Waals surface area contributed by atoms with Gasteiger partial charge >= 0.3 is 0 Å². The molecule has 2 nitrogen and oxygen atoms in total. The molecule has 2 rings (SSSR count). The highest BCUT2D eigenvalue weighted by molar-refractivity contribution is 6.21. The third-order valence-electron chi connectivity index (χ3n) is 3.02. The van der Waals surface area contributed by atoms with Crippen molar-refractivity contribution in [3.63, 3.8) is 0 Å². The molecule has 2 aromatic rings. The van der Waals surface area contributed by atoms with E-state index < -0.39 is 0 Å². The highest BCUT2D eigenvalue weighted by Crippen LogP contribution is 2.23. The van der Waals surface area contributed by atoms with Crippen molar-refractivity contribution >= 4 is 11.6 Å². The number of halogens is 1. The van der Waals surface area contributed by atoms with Gasteiger partial charge in [-0.05, 0) is 37.4 Å². The summed E-state index contributed by atoms with van der Waals surface area (Å²) in [6.45, 7) is 1.41. The molecule has 0 radical (unpaired) electrons. The Bertz CT molecular complexity index is 510. The zero-order valence-electron chi connectivity index (χ0n) is 11.9. The minimum absolute atomic E-state index is 0.00757. The van der Waals surface area contributed by atoms with Crippen LogP contribution < -0.4 is 4.74 Å². The van der Waals surface area contributed by atoms with Gasteiger partial charge in [0.15, 0.2) is 0 Å². The minimum atomic E-state index is 0.00757. The first-order valence-corrected chi connectivity index (χ1v) is 7.14. The zero-order valence-corrected chi connectivity index (χ0v) is 12.7. The van der Waals surface area contributed by atoms with Crippen LogP contribution in [-0.4, -0.2) is 25.5 Å². The van der Waals surface area contributed by atoms with Crippen LogP contribution in [0.3, 0.4) is 0 Å². The molecule has 0 aromatic heterocycles. The predicted octanol–water partition coefficient (Wildman–Crippen LogP) is 4.11. The number of nitrogens with zero attached hydrogens (tertiary/aromatic N) is 1. The Kier molecular flexibility index (Phi) is 5.45. The van der Waals surface area contributed by atoms with Crippen molar-refractivity contribution in [1.29, 1.82) is 0 Å². The van der Waals surface area contributed by atoms with Crippen molar-refractivity contribution < 1.29 is 4.74 Å². The Balaban J connectivity index is 1.91. The number of ether oxygens (including phenoxy) is 1. The molecule has 0 spiro atoms. The third kappa shape index (κ3) is 4.55. The number of alkyl halides is 1. The summed E-state index contributed by atoms with van der Waals surface area (Å²) in [5.74, 6) is 0.867. The summed E-state index contributed by atoms with van der Waals surface area (Å²) >= 11 is 6.34. The van der Waals surface area contributed by atoms with Gasteiger partial charge in [-0.2, -0.15) is 0 Å². The average Bonchev–Trinajstić information content (AvgIpc) is 2.46. The van der Waals surface area contributed by atoms with Crippen molar-refractivity contribution in [1.82, 2.24) is 4.90 Å². The molecule has 3 heteroatoms. The van der Waals surface area contributed by atoms with E-state index in [0.717, 1.165) is 17.9 Å². The number of benzene rings is 2. The van der Waals surface area contributed by atoms with Gasteiger partial charge in [0.1, 0.15) is 12.4 Å². The average molecular weight is 290 g/mol. The second-order valence-corrected chi connectivity index (χ2v) is 5.60. The van der Waals surface area contributed by atoms with E-state index in [1.807, 2.05) is 56.6 Å². The van der Waals surface area contributed by atoms with Crippen LogP contribution >= 0.6 is 11.6 Å². The van der Waals surface area contributed by atoms with Gasteiger partial charge in [-0.25, -0.2) is 0 Å². The topological polar surface area (TPSA) is 12.5 Å². The molecule has 2 aromatic carbocycles. The molecular formula is C17H20ClNO. The normalized spacial score (nSPS) is 12.4. The molecule has 1 atom stereocenters. The van der Waals surface area contributed by atoms with Crippen molar-refractivity contribution in [3.05, 3.63) is 65.7 Å². The number of hydrogen-bond donors (Lipinski definition) is 0. The number of likely N-dealkylation sites (N-methyl/N-ethyl adjacent to an activating group) is 1. The second-order valence-electron chi connectivity index (χ2n) is 5.07. The molecule has 20 heavy (non-hydrogen) atoms. The van der Waals surface area contributed by atoms with E-state index in [1.165, 1.54) is 5.56 Å². The largest absolute Gasteiger partial charge is 0.489 e. The van der Waals surface area contributed by atoms with Gasteiger partial charge in [-0.3, -0.25) is 0 Å². The molecule has 0 fully saturated rings. The van der Waals surface area contributed by atoms with E-state index >= 15 is 0 Å². The summed E-state index contributed by atoms with van der Waals surface area (Å²) in [6.07, 6.45) is 0. The van der Waals surface area contributed by atoms with E-state index in [2.05, 4.69) is 17.0 Å². The van der Waals surface area contributed by atoms with Crippen molar-refractivity contribution in [2.24, 2.45) is 0 Å². The van der Waals surface area contributed by atoms with Crippen LogP contribution in [0, 0.1) is 0 Å². The lowest BCUT2D eigenvalue weighted by atomic mass is 10.1. The summed E-state index contributed by atoms with van der Waals surface area (Å²) in [5, 5.41) is 0.00757. The van der Waals surface area contributed by atoms with E-state index in [1.54, 1.807) is 0 Å². The first kappa shape index (κ1) is 14.9. The molecule has 0 saturated carbocycles. The number of hydrogen-bond acceptors (Lipinski definition) is 2. The summed E-state index contributed by atoms with van der Waals surface area (Å²) in [6, 6.07) is 18.2. The molecule has 0 saturated heterocycles. The Morgan fingerprint density at radius 2 is 1.65 bits per heavy atom. The van der Waals surface area contributed by atoms with Crippen LogP contribution in [0.1, 0.15) is 16.5 Å². The fourth-order valence-corrected chi connectivity index (χ4v) is 2.36. The van der Waals surface area contributed by atoms with Crippen LogP contribution in [0.5, 0.6) is 5.75 Å². The van der Waals surface area contributed by atoms with Gasteiger partial charge in [0.25, 0.3) is 0 Å². The molecule has 0 heterocycles. The smallest absolute Gasteiger partial charge is 0.119 e. The Morgan fingerprint density at radius 1 is 1.00 bits per heavy atom. The molecular weight excluding hydrogens is 270 g/mol.